The highest BCUT2D eigenvalue weighted by atomic mass is 16.6. The minimum absolute atomic E-state index is 0.221. The van der Waals surface area contributed by atoms with E-state index in [0.717, 1.165) is 11.4 Å². The molecule has 0 unspecified atom stereocenters. The number of carbonyl (C=O) groups excluding carboxylic acids is 2. The summed E-state index contributed by atoms with van der Waals surface area (Å²) in [6.07, 6.45) is 0.535. The molecule has 0 amide bonds. The minimum Gasteiger partial charge on any atom is -0.465 e. The summed E-state index contributed by atoms with van der Waals surface area (Å²) >= 11 is 0. The molecule has 6 nitrogen and oxygen atoms in total. The topological polar surface area (TPSA) is 70.4 Å². The largest absolute Gasteiger partial charge is 0.465 e. The molecule has 0 saturated heterocycles. The van der Waals surface area contributed by atoms with Crippen molar-refractivity contribution >= 4 is 11.9 Å². The maximum Gasteiger partial charge on any atom is 0.323 e. The lowest BCUT2D eigenvalue weighted by molar-refractivity contribution is -0.172. The molecule has 118 valence electrons. The molecule has 0 radical (unpaired) electrons. The fourth-order valence-corrected chi connectivity index (χ4v) is 2.32. The highest BCUT2D eigenvalue weighted by Gasteiger charge is 2.48. The van der Waals surface area contributed by atoms with E-state index in [1.807, 2.05) is 13.0 Å². The van der Waals surface area contributed by atoms with Gasteiger partial charge >= 0.3 is 11.9 Å². The van der Waals surface area contributed by atoms with Crippen molar-refractivity contribution in [2.45, 2.75) is 40.5 Å². The number of ether oxygens (including phenoxy) is 2. The predicted molar refractivity (Wildman–Crippen MR) is 77.6 cm³/mol. The molecule has 0 aliphatic rings. The monoisotopic (exact) mass is 296 g/mol. The summed E-state index contributed by atoms with van der Waals surface area (Å²) in [5.41, 5.74) is 0.326. The average Bonchev–Trinajstić information content (AvgIpc) is 2.74. The molecule has 0 N–H and O–H groups in total. The molecular formula is C15H24N2O4. The Morgan fingerprint density at radius 3 is 2.05 bits per heavy atom. The molecule has 0 aliphatic heterocycles. The molecule has 0 saturated carbocycles. The Morgan fingerprint density at radius 2 is 1.71 bits per heavy atom. The van der Waals surface area contributed by atoms with E-state index in [1.165, 1.54) is 0 Å². The first kappa shape index (κ1) is 17.2. The SMILES string of the molecule is CCOC(=O)C(CC)(Cc1cc(C)nn1C)C(=O)OCC. The summed E-state index contributed by atoms with van der Waals surface area (Å²) in [4.78, 5) is 24.8. The molecule has 1 aromatic rings. The van der Waals surface area contributed by atoms with Gasteiger partial charge < -0.3 is 9.47 Å². The zero-order valence-corrected chi connectivity index (χ0v) is 13.4. The van der Waals surface area contributed by atoms with Gasteiger partial charge in [0.1, 0.15) is 0 Å². The third-order valence-corrected chi connectivity index (χ3v) is 3.52. The standard InChI is InChI=1S/C15H24N2O4/c1-6-15(13(18)20-7-2,14(19)21-8-3)10-12-9-11(4)16-17(12)5/h9H,6-8,10H2,1-5H3. The molecule has 0 atom stereocenters. The summed E-state index contributed by atoms with van der Waals surface area (Å²) in [6.45, 7) is 7.55. The molecule has 0 fully saturated rings. The zero-order valence-electron chi connectivity index (χ0n) is 13.4. The van der Waals surface area contributed by atoms with Gasteiger partial charge in [0.05, 0.1) is 18.9 Å². The number of aromatic nitrogens is 2. The lowest BCUT2D eigenvalue weighted by Gasteiger charge is -2.27. The first-order valence-corrected chi connectivity index (χ1v) is 7.25. The van der Waals surface area contributed by atoms with E-state index < -0.39 is 17.4 Å². The molecule has 1 rings (SSSR count). The maximum atomic E-state index is 12.4. The van der Waals surface area contributed by atoms with E-state index >= 15 is 0 Å². The van der Waals surface area contributed by atoms with Crippen LogP contribution in [0.2, 0.25) is 0 Å². The summed E-state index contributed by atoms with van der Waals surface area (Å²) in [5.74, 6) is -1.07. The van der Waals surface area contributed by atoms with Crippen molar-refractivity contribution < 1.29 is 19.1 Å². The van der Waals surface area contributed by atoms with Gasteiger partial charge in [-0.15, -0.1) is 0 Å². The van der Waals surface area contributed by atoms with Crippen molar-refractivity contribution in [3.63, 3.8) is 0 Å². The molecule has 1 heterocycles. The molecule has 21 heavy (non-hydrogen) atoms. The van der Waals surface area contributed by atoms with Gasteiger partial charge in [-0.1, -0.05) is 6.92 Å². The van der Waals surface area contributed by atoms with Crippen LogP contribution in [0.1, 0.15) is 38.6 Å². The highest BCUT2D eigenvalue weighted by Crippen LogP contribution is 2.31. The highest BCUT2D eigenvalue weighted by molar-refractivity contribution is 6.00. The third-order valence-electron chi connectivity index (χ3n) is 3.52. The van der Waals surface area contributed by atoms with Crippen LogP contribution in [-0.2, 0) is 32.5 Å². The summed E-state index contributed by atoms with van der Waals surface area (Å²) < 4.78 is 11.9. The van der Waals surface area contributed by atoms with Gasteiger partial charge in [0, 0.05) is 19.2 Å². The maximum absolute atomic E-state index is 12.4. The Labute approximate surface area is 125 Å². The predicted octanol–water partition coefficient (Wildman–Crippen LogP) is 1.79. The van der Waals surface area contributed by atoms with Crippen LogP contribution in [0, 0.1) is 12.3 Å². The van der Waals surface area contributed by atoms with Gasteiger partial charge in [0.25, 0.3) is 0 Å². The molecule has 1 aromatic heterocycles. The smallest absolute Gasteiger partial charge is 0.323 e. The minimum atomic E-state index is -1.31. The van der Waals surface area contributed by atoms with Gasteiger partial charge in [0.2, 0.25) is 0 Å². The molecule has 0 aliphatic carbocycles. The molecule has 0 spiro atoms. The van der Waals surface area contributed by atoms with Crippen LogP contribution in [0.4, 0.5) is 0 Å². The Hall–Kier alpha value is -1.85. The van der Waals surface area contributed by atoms with Crippen LogP contribution in [0.15, 0.2) is 6.07 Å². The van der Waals surface area contributed by atoms with Gasteiger partial charge in [-0.25, -0.2) is 0 Å². The van der Waals surface area contributed by atoms with Gasteiger partial charge in [-0.3, -0.25) is 14.3 Å². The third kappa shape index (κ3) is 3.62. The molecule has 6 heteroatoms. The summed E-state index contributed by atoms with van der Waals surface area (Å²) in [5, 5.41) is 4.25. The lowest BCUT2D eigenvalue weighted by Crippen LogP contribution is -2.44. The van der Waals surface area contributed by atoms with Crippen LogP contribution in [0.3, 0.4) is 0 Å². The summed E-state index contributed by atoms with van der Waals surface area (Å²) in [6, 6.07) is 1.86. The van der Waals surface area contributed by atoms with E-state index in [4.69, 9.17) is 9.47 Å². The number of hydrogen-bond donors (Lipinski definition) is 0. The quantitative estimate of drug-likeness (QED) is 0.567. The second-order valence-electron chi connectivity index (χ2n) is 4.95. The number of aryl methyl sites for hydroxylation is 2. The zero-order chi connectivity index (χ0) is 16.0. The van der Waals surface area contributed by atoms with E-state index in [1.54, 1.807) is 32.5 Å². The van der Waals surface area contributed by atoms with Crippen molar-refractivity contribution in [1.29, 1.82) is 0 Å². The van der Waals surface area contributed by atoms with E-state index in [-0.39, 0.29) is 19.6 Å². The van der Waals surface area contributed by atoms with Gasteiger partial charge in [-0.05, 0) is 33.3 Å². The van der Waals surface area contributed by atoms with Crippen molar-refractivity contribution in [3.05, 3.63) is 17.5 Å². The number of nitrogens with zero attached hydrogens (tertiary/aromatic N) is 2. The van der Waals surface area contributed by atoms with E-state index in [0.29, 0.717) is 6.42 Å². The van der Waals surface area contributed by atoms with Crippen LogP contribution in [0.25, 0.3) is 0 Å². The Kier molecular flexibility index (Phi) is 5.93. The van der Waals surface area contributed by atoms with Crippen LogP contribution in [0.5, 0.6) is 0 Å². The fourth-order valence-electron chi connectivity index (χ4n) is 2.32. The first-order chi connectivity index (χ1) is 9.91. The van der Waals surface area contributed by atoms with E-state index in [2.05, 4.69) is 5.10 Å². The second kappa shape index (κ2) is 7.24. The first-order valence-electron chi connectivity index (χ1n) is 7.25. The van der Waals surface area contributed by atoms with Gasteiger partial charge in [-0.2, -0.15) is 5.10 Å². The van der Waals surface area contributed by atoms with Crippen molar-refractivity contribution in [2.24, 2.45) is 12.5 Å². The van der Waals surface area contributed by atoms with Crippen molar-refractivity contribution in [3.8, 4) is 0 Å². The van der Waals surface area contributed by atoms with Crippen LogP contribution in [-0.4, -0.2) is 34.9 Å². The lowest BCUT2D eigenvalue weighted by atomic mass is 9.80. The second-order valence-corrected chi connectivity index (χ2v) is 4.95. The molecule has 0 aromatic carbocycles. The fraction of sp³-hybridized carbons (Fsp3) is 0.667. The number of esters is 2. The van der Waals surface area contributed by atoms with Gasteiger partial charge in [0.15, 0.2) is 5.41 Å². The molecule has 0 bridgehead atoms. The Balaban J connectivity index is 3.19. The summed E-state index contributed by atoms with van der Waals surface area (Å²) in [7, 11) is 1.79. The van der Waals surface area contributed by atoms with Crippen molar-refractivity contribution in [2.75, 3.05) is 13.2 Å². The number of rotatable bonds is 7. The number of hydrogen-bond acceptors (Lipinski definition) is 5. The Bertz CT molecular complexity index is 490. The van der Waals surface area contributed by atoms with Crippen LogP contribution >= 0.6 is 0 Å². The number of carbonyl (C=O) groups is 2. The van der Waals surface area contributed by atoms with Crippen LogP contribution < -0.4 is 0 Å². The normalized spacial score (nSPS) is 11.3. The van der Waals surface area contributed by atoms with E-state index in [9.17, 15) is 9.59 Å². The Morgan fingerprint density at radius 1 is 1.19 bits per heavy atom. The van der Waals surface area contributed by atoms with Crippen molar-refractivity contribution in [1.82, 2.24) is 9.78 Å². The average molecular weight is 296 g/mol. The molecular weight excluding hydrogens is 272 g/mol.